The average molecular weight is 446 g/mol. The van der Waals surface area contributed by atoms with Crippen LogP contribution in [-0.2, 0) is 18.4 Å². The summed E-state index contributed by atoms with van der Waals surface area (Å²) in [5, 5.41) is 4.02. The van der Waals surface area contributed by atoms with Gasteiger partial charge < -0.3 is 18.9 Å². The quantitative estimate of drug-likeness (QED) is 0.396. The molecule has 5 nitrogen and oxygen atoms in total. The first-order valence-corrected chi connectivity index (χ1v) is 17.1. The number of hydrogen-bond acceptors (Lipinski definition) is 5. The van der Waals surface area contributed by atoms with Crippen LogP contribution in [0.2, 0.25) is 36.3 Å². The highest BCUT2D eigenvalue weighted by molar-refractivity contribution is 6.74. The van der Waals surface area contributed by atoms with E-state index in [1.165, 1.54) is 0 Å². The average Bonchev–Trinajstić information content (AvgIpc) is 2.52. The zero-order valence-corrected chi connectivity index (χ0v) is 22.9. The molecule has 1 saturated heterocycles. The highest BCUT2D eigenvalue weighted by Gasteiger charge is 2.44. The Balaban J connectivity index is 2.92. The van der Waals surface area contributed by atoms with Crippen molar-refractivity contribution in [2.24, 2.45) is 0 Å². The molecule has 0 bridgehead atoms. The molecule has 0 aromatic rings. The van der Waals surface area contributed by atoms with Crippen LogP contribution in [0.15, 0.2) is 0 Å². The minimum Gasteiger partial charge on any atom is -0.466 e. The Morgan fingerprint density at radius 2 is 1.52 bits per heavy atom. The van der Waals surface area contributed by atoms with Gasteiger partial charge in [-0.25, -0.2) is 0 Å². The lowest BCUT2D eigenvalue weighted by atomic mass is 9.94. The zero-order valence-electron chi connectivity index (χ0n) is 20.9. The largest absolute Gasteiger partial charge is 0.466 e. The monoisotopic (exact) mass is 445 g/mol. The van der Waals surface area contributed by atoms with Gasteiger partial charge in [-0.15, -0.1) is 0 Å². The molecule has 29 heavy (non-hydrogen) atoms. The van der Waals surface area contributed by atoms with Crippen molar-refractivity contribution >= 4 is 22.6 Å². The first-order valence-electron chi connectivity index (χ1n) is 11.2. The van der Waals surface area contributed by atoms with Crippen LogP contribution in [-0.4, -0.2) is 54.0 Å². The van der Waals surface area contributed by atoms with E-state index in [0.29, 0.717) is 19.6 Å². The van der Waals surface area contributed by atoms with Crippen molar-refractivity contribution in [2.75, 3.05) is 13.2 Å². The number of nitrogens with one attached hydrogen (secondary N) is 1. The fraction of sp³-hybridized carbons (Fsp3) is 0.955. The summed E-state index contributed by atoms with van der Waals surface area (Å²) in [5.74, 6) is -0.127. The van der Waals surface area contributed by atoms with Crippen LogP contribution in [0.1, 0.15) is 67.7 Å². The van der Waals surface area contributed by atoms with Crippen LogP contribution in [0.5, 0.6) is 0 Å². The summed E-state index contributed by atoms with van der Waals surface area (Å²) >= 11 is 0. The Bertz CT molecular complexity index is 538. The summed E-state index contributed by atoms with van der Waals surface area (Å²) in [5.41, 5.74) is 0. The van der Waals surface area contributed by atoms with Gasteiger partial charge in [0.25, 0.3) is 0 Å². The molecule has 1 N–H and O–H groups in total. The summed E-state index contributed by atoms with van der Waals surface area (Å²) in [6, 6.07) is 0.229. The fourth-order valence-electron chi connectivity index (χ4n) is 3.01. The van der Waals surface area contributed by atoms with Crippen LogP contribution >= 0.6 is 0 Å². The van der Waals surface area contributed by atoms with Gasteiger partial charge in [-0.1, -0.05) is 41.5 Å². The highest BCUT2D eigenvalue weighted by atomic mass is 28.4. The molecule has 3 atom stereocenters. The van der Waals surface area contributed by atoms with E-state index in [1.807, 2.05) is 6.92 Å². The maximum atomic E-state index is 12.0. The van der Waals surface area contributed by atoms with E-state index >= 15 is 0 Å². The lowest BCUT2D eigenvalue weighted by Gasteiger charge is -2.46. The van der Waals surface area contributed by atoms with Gasteiger partial charge in [-0.3, -0.25) is 4.79 Å². The molecule has 7 heteroatoms. The number of piperidine rings is 1. The van der Waals surface area contributed by atoms with Crippen LogP contribution in [0.3, 0.4) is 0 Å². The number of carbonyl (C=O) groups excluding carboxylic acids is 1. The van der Waals surface area contributed by atoms with Crippen LogP contribution < -0.4 is 5.32 Å². The van der Waals surface area contributed by atoms with Crippen molar-refractivity contribution in [3.05, 3.63) is 0 Å². The molecule has 0 aromatic heterocycles. The number of rotatable bonds is 8. The molecule has 172 valence electrons. The molecular formula is C22H47NO4Si2. The fourth-order valence-corrected chi connectivity index (χ4v) is 5.43. The van der Waals surface area contributed by atoms with Crippen molar-refractivity contribution in [3.63, 3.8) is 0 Å². The topological polar surface area (TPSA) is 56.8 Å². The van der Waals surface area contributed by atoms with Crippen molar-refractivity contribution in [1.82, 2.24) is 5.32 Å². The normalized spacial score (nSPS) is 24.4. The second-order valence-corrected chi connectivity index (χ2v) is 21.1. The number of hydrogen-bond donors (Lipinski definition) is 1. The summed E-state index contributed by atoms with van der Waals surface area (Å²) in [6.45, 7) is 25.7. The van der Waals surface area contributed by atoms with Crippen LogP contribution in [0, 0.1) is 0 Å². The van der Waals surface area contributed by atoms with Crippen molar-refractivity contribution in [1.29, 1.82) is 0 Å². The molecule has 1 aliphatic heterocycles. The number of esters is 1. The third-order valence-electron chi connectivity index (χ3n) is 7.10. The standard InChI is InChI=1S/C22H47NO4Si2/c1-12-25-20(24)15-17-13-14-19(27-29(10,11)22(5,6)7)18(23-17)16-26-28(8,9)21(2,3)4/h17-19,23H,12-16H2,1-11H3/t17-,18-,19-/m1/s1. The molecule has 0 aromatic carbocycles. The first kappa shape index (κ1) is 26.8. The van der Waals surface area contributed by atoms with Crippen LogP contribution in [0.4, 0.5) is 0 Å². The first-order chi connectivity index (χ1) is 13.0. The van der Waals surface area contributed by atoms with Gasteiger partial charge in [0.15, 0.2) is 16.6 Å². The number of carbonyl (C=O) groups is 1. The second kappa shape index (κ2) is 9.94. The molecule has 0 saturated carbocycles. The van der Waals surface area contributed by atoms with Gasteiger partial charge in [0.1, 0.15) is 0 Å². The van der Waals surface area contributed by atoms with E-state index < -0.39 is 16.6 Å². The Kier molecular flexibility index (Phi) is 9.19. The maximum absolute atomic E-state index is 12.0. The van der Waals surface area contributed by atoms with Gasteiger partial charge in [0, 0.05) is 6.04 Å². The molecule has 1 rings (SSSR count). The third kappa shape index (κ3) is 7.76. The minimum atomic E-state index is -1.89. The van der Waals surface area contributed by atoms with E-state index in [4.69, 9.17) is 13.6 Å². The van der Waals surface area contributed by atoms with Crippen molar-refractivity contribution in [2.45, 2.75) is 122 Å². The predicted octanol–water partition coefficient (Wildman–Crippen LogP) is 5.47. The lowest BCUT2D eigenvalue weighted by molar-refractivity contribution is -0.144. The molecular weight excluding hydrogens is 398 g/mol. The Morgan fingerprint density at radius 1 is 0.966 bits per heavy atom. The predicted molar refractivity (Wildman–Crippen MR) is 126 cm³/mol. The second-order valence-electron chi connectivity index (χ2n) is 11.5. The van der Waals surface area contributed by atoms with E-state index in [1.54, 1.807) is 0 Å². The van der Waals surface area contributed by atoms with Gasteiger partial charge in [-0.05, 0) is 56.0 Å². The van der Waals surface area contributed by atoms with Gasteiger partial charge in [0.2, 0.25) is 0 Å². The third-order valence-corrected chi connectivity index (χ3v) is 16.1. The van der Waals surface area contributed by atoms with Crippen molar-refractivity contribution in [3.8, 4) is 0 Å². The Morgan fingerprint density at radius 3 is 2.00 bits per heavy atom. The van der Waals surface area contributed by atoms with Crippen molar-refractivity contribution < 1.29 is 18.4 Å². The summed E-state index contributed by atoms with van der Waals surface area (Å²) in [7, 11) is -3.74. The molecule has 0 radical (unpaired) electrons. The van der Waals surface area contributed by atoms with E-state index in [0.717, 1.165) is 12.8 Å². The highest BCUT2D eigenvalue weighted by Crippen LogP contribution is 2.40. The molecule has 0 unspecified atom stereocenters. The van der Waals surface area contributed by atoms with Gasteiger partial charge >= 0.3 is 5.97 Å². The molecule has 0 amide bonds. The Labute approximate surface area is 181 Å². The molecule has 0 aliphatic carbocycles. The van der Waals surface area contributed by atoms with Gasteiger partial charge in [0.05, 0.1) is 31.8 Å². The SMILES string of the molecule is CCOC(=O)C[C@H]1CC[C@@H](O[Si](C)(C)C(C)(C)C)[C@@H](CO[Si](C)(C)C(C)(C)C)N1. The molecule has 1 fully saturated rings. The summed E-state index contributed by atoms with van der Waals surface area (Å²) in [6.07, 6.45) is 2.42. The number of ether oxygens (including phenoxy) is 1. The summed E-state index contributed by atoms with van der Waals surface area (Å²) in [4.78, 5) is 12.0. The lowest BCUT2D eigenvalue weighted by Crippen LogP contribution is -2.59. The van der Waals surface area contributed by atoms with Crippen LogP contribution in [0.25, 0.3) is 0 Å². The molecule has 1 aliphatic rings. The minimum absolute atomic E-state index is 0.103. The molecule has 1 heterocycles. The molecule has 0 spiro atoms. The smallest absolute Gasteiger partial charge is 0.307 e. The van der Waals surface area contributed by atoms with E-state index in [-0.39, 0.29) is 34.2 Å². The summed E-state index contributed by atoms with van der Waals surface area (Å²) < 4.78 is 18.5. The maximum Gasteiger partial charge on any atom is 0.307 e. The van der Waals surface area contributed by atoms with E-state index in [9.17, 15) is 4.79 Å². The zero-order chi connectivity index (χ0) is 22.7. The van der Waals surface area contributed by atoms with E-state index in [2.05, 4.69) is 73.0 Å². The Hall–Kier alpha value is -0.216. The van der Waals surface area contributed by atoms with Gasteiger partial charge in [-0.2, -0.15) is 0 Å².